The quantitative estimate of drug-likeness (QED) is 0.0241. The van der Waals surface area contributed by atoms with E-state index < -0.39 is 46.9 Å². The van der Waals surface area contributed by atoms with Gasteiger partial charge in [-0.25, -0.2) is 0 Å². The summed E-state index contributed by atoms with van der Waals surface area (Å²) in [6.45, 7) is 5.08. The van der Waals surface area contributed by atoms with Gasteiger partial charge in [-0.15, -0.1) is 0 Å². The van der Waals surface area contributed by atoms with Crippen LogP contribution in [-0.2, 0) is 56.2 Å². The Kier molecular flexibility index (Phi) is 30.7. The zero-order valence-electron chi connectivity index (χ0n) is 41.6. The number of alkyl halides is 9. The summed E-state index contributed by atoms with van der Waals surface area (Å²) >= 11 is 6.96. The van der Waals surface area contributed by atoms with Gasteiger partial charge in [0.2, 0.25) is 13.6 Å². The number of rotatable bonds is 4. The maximum Gasteiger partial charge on any atom is 0.522 e. The molecule has 3 atom stereocenters. The number of ether oxygens (including phenoxy) is 4. The normalized spacial score (nSPS) is 16.2. The number of fused-ring (bicyclic) bond motifs is 5. The van der Waals surface area contributed by atoms with Crippen molar-refractivity contribution >= 4 is 91.4 Å². The van der Waals surface area contributed by atoms with E-state index >= 15 is 0 Å². The molecular formula is C48H48Br2F9N3O16S3Sc. The first kappa shape index (κ1) is 76.3. The van der Waals surface area contributed by atoms with Crippen molar-refractivity contribution < 1.29 is 138 Å². The van der Waals surface area contributed by atoms with Crippen LogP contribution in [-0.4, -0.2) is 86.9 Å². The van der Waals surface area contributed by atoms with Gasteiger partial charge in [-0.05, 0) is 126 Å². The van der Waals surface area contributed by atoms with E-state index in [4.69, 9.17) is 68.9 Å². The fraction of sp³-hybridized carbons (Fsp3) is 0.292. The van der Waals surface area contributed by atoms with Crippen molar-refractivity contribution in [2.75, 3.05) is 24.6 Å². The molecule has 0 bridgehead atoms. The standard InChI is InChI=1S/C21H18BrNO3.C8H5BrO3.C8H9NO.C5H6.C2H3N.3CHF3O3S.CH4.Sc/c1-11(24)12-5-6-18-15(7-12)13-3-2-4-14(13)21(23-18)16-8-19-20(9-17(16)22)26-10-25-19;9-6-2-8-7(11-4-12-8)1-5(6)3-10;1-6(10)7-2-4-8(9)5-3-7;1-2-4-5-3-1;1-2-3;3*2-1(3,4)8(5,6)7;;/h2-3,5-9,13-14,21,23H,4,10H2,1H3;1-3H,4H2;2-5H,9H2,1H3;1-4H,5H2;1H3;3*(H,5,6,7);1H4;. The average molecular weight is 1390 g/mol. The first-order valence-corrected chi connectivity index (χ1v) is 27.5. The van der Waals surface area contributed by atoms with Gasteiger partial charge >= 0.3 is 46.9 Å². The zero-order valence-corrected chi connectivity index (χ0v) is 49.0. The maximum atomic E-state index is 11.8. The molecule has 449 valence electrons. The number of nitrogen functional groups attached to an aromatic ring is 1. The minimum atomic E-state index is -5.84. The number of hydrogen-bond acceptors (Lipinski definition) is 16. The number of aldehydes is 1. The summed E-state index contributed by atoms with van der Waals surface area (Å²) in [6, 6.07) is 22.2. The van der Waals surface area contributed by atoms with Crippen LogP contribution in [0, 0.1) is 17.2 Å². The topological polar surface area (TPSA) is 313 Å². The van der Waals surface area contributed by atoms with Crippen LogP contribution in [0.4, 0.5) is 50.9 Å². The molecule has 82 heavy (non-hydrogen) atoms. The van der Waals surface area contributed by atoms with Gasteiger partial charge in [0.25, 0.3) is 0 Å². The molecule has 4 aromatic rings. The molecule has 3 aliphatic heterocycles. The fourth-order valence-electron chi connectivity index (χ4n) is 6.43. The van der Waals surface area contributed by atoms with Crippen molar-refractivity contribution in [2.24, 2.45) is 5.92 Å². The fourth-order valence-corrected chi connectivity index (χ4v) is 7.41. The smallest absolute Gasteiger partial charge is 0.454 e. The number of nitrogens with two attached hydrogens (primary N) is 1. The van der Waals surface area contributed by atoms with E-state index in [0.29, 0.717) is 40.1 Å². The van der Waals surface area contributed by atoms with Crippen LogP contribution in [0.1, 0.15) is 95.2 Å². The van der Waals surface area contributed by atoms with E-state index in [1.807, 2.05) is 24.3 Å². The van der Waals surface area contributed by atoms with E-state index in [-0.39, 0.29) is 64.5 Å². The van der Waals surface area contributed by atoms with E-state index in [2.05, 4.69) is 79.7 Å². The summed E-state index contributed by atoms with van der Waals surface area (Å²) in [4.78, 5) is 33.0. The van der Waals surface area contributed by atoms with Crippen LogP contribution in [0.2, 0.25) is 0 Å². The van der Waals surface area contributed by atoms with Gasteiger partial charge in [-0.2, -0.15) is 70.0 Å². The third kappa shape index (κ3) is 23.9. The Labute approximate surface area is 500 Å². The molecule has 19 nitrogen and oxygen atoms in total. The number of allylic oxidation sites excluding steroid dienone is 6. The van der Waals surface area contributed by atoms with Crippen LogP contribution in [0.25, 0.3) is 0 Å². The van der Waals surface area contributed by atoms with Crippen molar-refractivity contribution in [3.63, 3.8) is 0 Å². The van der Waals surface area contributed by atoms with Crippen LogP contribution in [0.15, 0.2) is 112 Å². The molecule has 34 heteroatoms. The van der Waals surface area contributed by atoms with Gasteiger partial charge in [-0.3, -0.25) is 28.0 Å². The molecule has 3 unspecified atom stereocenters. The summed E-state index contributed by atoms with van der Waals surface area (Å²) in [5.74, 6) is 3.77. The monoisotopic (exact) mass is 1390 g/mol. The second-order valence-electron chi connectivity index (χ2n) is 15.7. The molecule has 0 spiro atoms. The maximum absolute atomic E-state index is 11.8. The van der Waals surface area contributed by atoms with Gasteiger partial charge in [0.1, 0.15) is 0 Å². The number of hydrogen-bond donors (Lipinski definition) is 5. The van der Waals surface area contributed by atoms with Gasteiger partial charge in [0, 0.05) is 75.7 Å². The molecule has 0 amide bonds. The molecule has 1 radical (unpaired) electrons. The van der Waals surface area contributed by atoms with E-state index in [9.17, 15) is 53.9 Å². The van der Waals surface area contributed by atoms with Crippen molar-refractivity contribution in [1.29, 1.82) is 5.26 Å². The summed E-state index contributed by atoms with van der Waals surface area (Å²) < 4.78 is 196. The van der Waals surface area contributed by atoms with Gasteiger partial charge in [0.15, 0.2) is 40.9 Å². The Hall–Kier alpha value is -5.67. The Morgan fingerprint density at radius 2 is 1.06 bits per heavy atom. The van der Waals surface area contributed by atoms with E-state index in [1.54, 1.807) is 49.4 Å². The van der Waals surface area contributed by atoms with Crippen molar-refractivity contribution in [3.8, 4) is 29.1 Å². The number of nitriles is 1. The molecule has 0 saturated heterocycles. The zero-order chi connectivity index (χ0) is 61.2. The Morgan fingerprint density at radius 3 is 1.44 bits per heavy atom. The number of nitrogens with zero attached hydrogens (tertiary/aromatic N) is 1. The first-order valence-electron chi connectivity index (χ1n) is 21.6. The Morgan fingerprint density at radius 1 is 0.671 bits per heavy atom. The van der Waals surface area contributed by atoms with Crippen molar-refractivity contribution in [3.05, 3.63) is 140 Å². The Bertz CT molecular complexity index is 3220. The summed E-state index contributed by atoms with van der Waals surface area (Å²) in [7, 11) is -17.5. The van der Waals surface area contributed by atoms with E-state index in [1.165, 1.54) is 25.0 Å². The molecule has 5 aliphatic rings. The number of anilines is 2. The molecule has 4 aromatic carbocycles. The summed E-state index contributed by atoms with van der Waals surface area (Å²) in [6.07, 6.45) is 15.8. The molecule has 0 saturated carbocycles. The van der Waals surface area contributed by atoms with Crippen LogP contribution in [0.5, 0.6) is 23.0 Å². The third-order valence-corrected chi connectivity index (χ3v) is 13.2. The molecule has 9 rings (SSSR count). The van der Waals surface area contributed by atoms with Gasteiger partial charge < -0.3 is 30.0 Å². The van der Waals surface area contributed by atoms with E-state index in [0.717, 1.165) is 50.8 Å². The number of carbonyl (C=O) groups is 3. The third-order valence-electron chi connectivity index (χ3n) is 10.1. The molecular weight excluding hydrogens is 1350 g/mol. The predicted molar refractivity (Wildman–Crippen MR) is 283 cm³/mol. The van der Waals surface area contributed by atoms with Crippen molar-refractivity contribution in [1.82, 2.24) is 0 Å². The SMILES string of the molecule is C.C1=CCC=C1.CC#N.CC(=O)c1ccc(N)cc1.CC(=O)c1ccc2c(c1)C1C=CCC1C(c1cc3c(cc1Br)OCO3)N2.O=Cc1cc2c(cc1Br)OCO2.O=S(=O)(O)C(F)(F)F.O=S(=O)(O)C(F)(F)F.O=S(=O)(O)C(F)(F)F.[Sc]. The number of halogens is 11. The second kappa shape index (κ2) is 33.0. The van der Waals surface area contributed by atoms with Gasteiger partial charge in [0.05, 0.1) is 12.1 Å². The average Bonchev–Trinajstić information content (AvgIpc) is 4.20. The largest absolute Gasteiger partial charge is 0.522 e. The molecule has 0 aromatic heterocycles. The van der Waals surface area contributed by atoms with Crippen molar-refractivity contribution in [2.45, 2.75) is 69.5 Å². The number of carbonyl (C=O) groups excluding carboxylic acids is 3. The summed E-state index contributed by atoms with van der Waals surface area (Å²) in [5.41, 5.74) is -4.98. The first-order chi connectivity index (χ1) is 36.8. The molecule has 0 fully saturated rings. The molecule has 3 heterocycles. The second-order valence-corrected chi connectivity index (χ2v) is 21.6. The molecule has 2 aliphatic carbocycles. The number of Topliss-reactive ketones (excluding diaryl/α,β-unsaturated/α-hetero) is 2. The van der Waals surface area contributed by atoms with Crippen LogP contribution < -0.4 is 30.0 Å². The van der Waals surface area contributed by atoms with Gasteiger partial charge in [-0.1, -0.05) is 59.8 Å². The van der Waals surface area contributed by atoms with Crippen LogP contribution in [0.3, 0.4) is 0 Å². The Balaban J connectivity index is 0.000001000. The predicted octanol–water partition coefficient (Wildman–Crippen LogP) is 12.5. The number of ketones is 2. The number of nitrogens with one attached hydrogen (secondary N) is 1. The molecule has 6 N–H and O–H groups in total. The minimum absolute atomic E-state index is 0. The van der Waals surface area contributed by atoms with Crippen LogP contribution >= 0.6 is 31.9 Å². The number of benzene rings is 4. The minimum Gasteiger partial charge on any atom is -0.454 e. The summed E-state index contributed by atoms with van der Waals surface area (Å²) in [5, 5.41) is 11.0.